The number of rotatable bonds is 16. The molecule has 1 aromatic heterocycles. The fraction of sp³-hybridized carbons (Fsp3) is 0.320. The average molecular weight is 561 g/mol. The smallest absolute Gasteiger partial charge is 0.326 e. The predicted octanol–water partition coefficient (Wildman–Crippen LogP) is 1.64. The van der Waals surface area contributed by atoms with E-state index in [0.717, 1.165) is 0 Å². The molecule has 14 nitrogen and oxygen atoms in total. The standard InChI is InChI=1S/C25H29FN6O8/c26-17-7-4-15(5-8-17)13-29-32-20-10-6-16(14-28-20)22(35)30-18(23(36)37)3-1-2-12-27-25(40)31-19(24(38)39)9-11-21(33)34/h4-8,10,13-14,18-19H,1-3,9,11-12H2,(H,28,32)(H,30,35)(H,33,34)(H,36,37)(H,38,39)(H2,27,31,40). The minimum Gasteiger partial charge on any atom is -0.481 e. The second-order valence-corrected chi connectivity index (χ2v) is 8.44. The maximum absolute atomic E-state index is 12.9. The summed E-state index contributed by atoms with van der Waals surface area (Å²) in [6.07, 6.45) is 2.70. The number of aliphatic carboxylic acids is 3. The van der Waals surface area contributed by atoms with Crippen LogP contribution < -0.4 is 21.4 Å². The number of carboxylic acids is 3. The van der Waals surface area contributed by atoms with E-state index in [2.05, 4.69) is 31.5 Å². The van der Waals surface area contributed by atoms with Crippen LogP contribution in [0.25, 0.3) is 0 Å². The van der Waals surface area contributed by atoms with Gasteiger partial charge in [-0.1, -0.05) is 12.1 Å². The van der Waals surface area contributed by atoms with Crippen LogP contribution in [0, 0.1) is 5.82 Å². The monoisotopic (exact) mass is 560 g/mol. The van der Waals surface area contributed by atoms with Gasteiger partial charge in [-0.15, -0.1) is 0 Å². The number of pyridine rings is 1. The molecule has 0 radical (unpaired) electrons. The summed E-state index contributed by atoms with van der Waals surface area (Å²) < 4.78 is 12.9. The lowest BCUT2D eigenvalue weighted by Crippen LogP contribution is -2.46. The first-order chi connectivity index (χ1) is 19.0. The Morgan fingerprint density at radius 3 is 2.17 bits per heavy atom. The lowest BCUT2D eigenvalue weighted by atomic mass is 10.1. The Labute approximate surface area is 227 Å². The molecule has 15 heteroatoms. The van der Waals surface area contributed by atoms with Gasteiger partial charge in [0.15, 0.2) is 0 Å². The summed E-state index contributed by atoms with van der Waals surface area (Å²) in [7, 11) is 0. The molecule has 3 amide bonds. The van der Waals surface area contributed by atoms with Crippen LogP contribution in [-0.2, 0) is 14.4 Å². The number of nitrogens with zero attached hydrogens (tertiary/aromatic N) is 2. The molecular weight excluding hydrogens is 531 g/mol. The Balaban J connectivity index is 1.75. The van der Waals surface area contributed by atoms with Gasteiger partial charge in [-0.3, -0.25) is 15.0 Å². The van der Waals surface area contributed by atoms with Crippen molar-refractivity contribution in [2.24, 2.45) is 5.10 Å². The molecule has 0 aliphatic heterocycles. The highest BCUT2D eigenvalue weighted by atomic mass is 19.1. The summed E-state index contributed by atoms with van der Waals surface area (Å²) in [5, 5.41) is 38.1. The van der Waals surface area contributed by atoms with Crippen LogP contribution in [0.5, 0.6) is 0 Å². The van der Waals surface area contributed by atoms with Crippen molar-refractivity contribution in [3.8, 4) is 0 Å². The van der Waals surface area contributed by atoms with E-state index in [-0.39, 0.29) is 30.8 Å². The average Bonchev–Trinajstić information content (AvgIpc) is 2.91. The molecule has 2 atom stereocenters. The molecule has 0 saturated heterocycles. The van der Waals surface area contributed by atoms with Crippen molar-refractivity contribution in [3.05, 3.63) is 59.5 Å². The maximum atomic E-state index is 12.9. The fourth-order valence-corrected chi connectivity index (χ4v) is 3.22. The number of hydrogen-bond acceptors (Lipinski definition) is 8. The van der Waals surface area contributed by atoms with Crippen LogP contribution >= 0.6 is 0 Å². The zero-order valence-electron chi connectivity index (χ0n) is 21.2. The Hall–Kier alpha value is -5.08. The van der Waals surface area contributed by atoms with E-state index in [1.165, 1.54) is 48.8 Å². The van der Waals surface area contributed by atoms with Crippen LogP contribution in [0.3, 0.4) is 0 Å². The highest BCUT2D eigenvalue weighted by molar-refractivity contribution is 5.96. The second-order valence-electron chi connectivity index (χ2n) is 8.44. The minimum absolute atomic E-state index is 0.0614. The number of nitrogens with one attached hydrogen (secondary N) is 4. The van der Waals surface area contributed by atoms with E-state index in [1.54, 1.807) is 0 Å². The Kier molecular flexibility index (Phi) is 12.5. The number of carbonyl (C=O) groups excluding carboxylic acids is 2. The Bertz CT molecular complexity index is 1210. The van der Waals surface area contributed by atoms with Crippen LogP contribution in [0.1, 0.15) is 48.0 Å². The number of benzene rings is 1. The van der Waals surface area contributed by atoms with Gasteiger partial charge in [0.1, 0.15) is 23.7 Å². The van der Waals surface area contributed by atoms with Crippen molar-refractivity contribution < 1.29 is 43.7 Å². The normalized spacial score (nSPS) is 12.2. The van der Waals surface area contributed by atoms with E-state index >= 15 is 0 Å². The Morgan fingerprint density at radius 2 is 1.57 bits per heavy atom. The number of unbranched alkanes of at least 4 members (excludes halogenated alkanes) is 1. The molecule has 0 aliphatic carbocycles. The molecule has 2 rings (SSSR count). The lowest BCUT2D eigenvalue weighted by Gasteiger charge is -2.16. The van der Waals surface area contributed by atoms with Crippen molar-refractivity contribution in [1.29, 1.82) is 0 Å². The maximum Gasteiger partial charge on any atom is 0.326 e. The highest BCUT2D eigenvalue weighted by Crippen LogP contribution is 2.08. The van der Waals surface area contributed by atoms with E-state index in [0.29, 0.717) is 24.2 Å². The number of aromatic nitrogens is 1. The third-order valence-electron chi connectivity index (χ3n) is 5.35. The third-order valence-corrected chi connectivity index (χ3v) is 5.35. The summed E-state index contributed by atoms with van der Waals surface area (Å²) >= 11 is 0. The SMILES string of the molecule is O=C(O)CCC(NC(=O)NCCCCC(NC(=O)c1ccc(NN=Cc2ccc(F)cc2)nc1)C(=O)O)C(=O)O. The van der Waals surface area contributed by atoms with Crippen LogP contribution in [0.2, 0.25) is 0 Å². The number of halogens is 1. The van der Waals surface area contributed by atoms with Crippen molar-refractivity contribution in [2.75, 3.05) is 12.0 Å². The number of carboxylic acid groups (broad SMARTS) is 3. The van der Waals surface area contributed by atoms with E-state index in [1.807, 2.05) is 0 Å². The molecule has 0 spiro atoms. The first-order valence-electron chi connectivity index (χ1n) is 12.1. The molecule has 2 unspecified atom stereocenters. The second kappa shape index (κ2) is 16.0. The van der Waals surface area contributed by atoms with Gasteiger partial charge in [0.25, 0.3) is 5.91 Å². The molecule has 1 aromatic carbocycles. The summed E-state index contributed by atoms with van der Waals surface area (Å²) in [4.78, 5) is 61.7. The van der Waals surface area contributed by atoms with E-state index < -0.39 is 48.4 Å². The quantitative estimate of drug-likeness (QED) is 0.0893. The van der Waals surface area contributed by atoms with Gasteiger partial charge in [0, 0.05) is 19.2 Å². The first-order valence-corrected chi connectivity index (χ1v) is 12.1. The number of anilines is 1. The van der Waals surface area contributed by atoms with Gasteiger partial charge in [0.2, 0.25) is 0 Å². The molecule has 2 aromatic rings. The van der Waals surface area contributed by atoms with Gasteiger partial charge < -0.3 is 31.3 Å². The zero-order valence-corrected chi connectivity index (χ0v) is 21.2. The zero-order chi connectivity index (χ0) is 29.5. The number of urea groups is 1. The minimum atomic E-state index is -1.37. The lowest BCUT2D eigenvalue weighted by molar-refractivity contribution is -0.141. The molecule has 1 heterocycles. The van der Waals surface area contributed by atoms with Crippen molar-refractivity contribution in [2.45, 2.75) is 44.2 Å². The predicted molar refractivity (Wildman–Crippen MR) is 139 cm³/mol. The highest BCUT2D eigenvalue weighted by Gasteiger charge is 2.22. The number of carbonyl (C=O) groups is 5. The van der Waals surface area contributed by atoms with Gasteiger partial charge in [-0.25, -0.2) is 23.8 Å². The fourth-order valence-electron chi connectivity index (χ4n) is 3.22. The largest absolute Gasteiger partial charge is 0.481 e. The Morgan fingerprint density at radius 1 is 0.900 bits per heavy atom. The molecule has 0 bridgehead atoms. The molecule has 40 heavy (non-hydrogen) atoms. The van der Waals surface area contributed by atoms with Crippen molar-refractivity contribution in [1.82, 2.24) is 20.9 Å². The summed E-state index contributed by atoms with van der Waals surface area (Å²) in [6.45, 7) is 0.0966. The van der Waals surface area contributed by atoms with E-state index in [9.17, 15) is 33.5 Å². The van der Waals surface area contributed by atoms with Crippen molar-refractivity contribution >= 4 is 41.9 Å². The molecule has 0 fully saturated rings. The van der Waals surface area contributed by atoms with Crippen molar-refractivity contribution in [3.63, 3.8) is 0 Å². The van der Waals surface area contributed by atoms with E-state index in [4.69, 9.17) is 10.2 Å². The number of hydrazone groups is 1. The molecule has 0 aliphatic rings. The van der Waals surface area contributed by atoms with Crippen LogP contribution in [0.4, 0.5) is 15.0 Å². The first kappa shape index (κ1) is 31.1. The molecule has 7 N–H and O–H groups in total. The van der Waals surface area contributed by atoms with Crippen LogP contribution in [-0.4, -0.2) is 75.0 Å². The van der Waals surface area contributed by atoms with Gasteiger partial charge >= 0.3 is 23.9 Å². The summed E-state index contributed by atoms with van der Waals surface area (Å²) in [5.41, 5.74) is 3.43. The number of hydrogen-bond donors (Lipinski definition) is 7. The number of amides is 3. The van der Waals surface area contributed by atoms with Gasteiger partial charge in [0.05, 0.1) is 11.8 Å². The molecule has 214 valence electrons. The molecular formula is C25H29FN6O8. The topological polar surface area (TPSA) is 219 Å². The van der Waals surface area contributed by atoms with Gasteiger partial charge in [-0.2, -0.15) is 5.10 Å². The summed E-state index contributed by atoms with van der Waals surface area (Å²) in [5.74, 6) is -4.51. The van der Waals surface area contributed by atoms with Gasteiger partial charge in [-0.05, 0) is 55.5 Å². The third kappa shape index (κ3) is 11.5. The van der Waals surface area contributed by atoms with Crippen LogP contribution in [0.15, 0.2) is 47.7 Å². The summed E-state index contributed by atoms with van der Waals surface area (Å²) in [6, 6.07) is 5.20. The molecule has 0 saturated carbocycles.